The lowest BCUT2D eigenvalue weighted by atomic mass is 10.1. The van der Waals surface area contributed by atoms with Crippen LogP contribution >= 0.6 is 23.5 Å². The zero-order valence-corrected chi connectivity index (χ0v) is 15.7. The van der Waals surface area contributed by atoms with Crippen LogP contribution in [0.4, 0.5) is 0 Å². The number of ketones is 2. The average molecular weight is 359 g/mol. The lowest BCUT2D eigenvalue weighted by molar-refractivity contribution is 0.0977. The highest BCUT2D eigenvalue weighted by Gasteiger charge is 2.11. The van der Waals surface area contributed by atoms with Gasteiger partial charge in [0.15, 0.2) is 11.6 Å². The standard InChI is InChI=1S/C20H22O2S2/c1-3-17(21)15-9-5-7-11-19(15)23-13-14-24-20-12-8-6-10-16(20)18(22)4-2/h5-12H,3-4,13-14H2,1-2H3. The lowest BCUT2D eigenvalue weighted by Gasteiger charge is -2.09. The zero-order valence-electron chi connectivity index (χ0n) is 14.1. The predicted molar refractivity (Wildman–Crippen MR) is 104 cm³/mol. The predicted octanol–water partition coefficient (Wildman–Crippen LogP) is 5.76. The van der Waals surface area contributed by atoms with Crippen LogP contribution in [-0.2, 0) is 0 Å². The first kappa shape index (κ1) is 18.8. The summed E-state index contributed by atoms with van der Waals surface area (Å²) in [6, 6.07) is 15.6. The van der Waals surface area contributed by atoms with Crippen molar-refractivity contribution in [3.63, 3.8) is 0 Å². The third-order valence-corrected chi connectivity index (χ3v) is 6.02. The number of benzene rings is 2. The number of hydrogen-bond donors (Lipinski definition) is 0. The Kier molecular flexibility index (Phi) is 7.60. The SMILES string of the molecule is CCC(=O)c1ccccc1SCCSc1ccccc1C(=O)CC. The Morgan fingerprint density at radius 2 is 1.08 bits per heavy atom. The van der Waals surface area contributed by atoms with E-state index in [0.717, 1.165) is 32.4 Å². The molecule has 0 heterocycles. The quantitative estimate of drug-likeness (QED) is 0.324. The summed E-state index contributed by atoms with van der Waals surface area (Å²) in [5, 5.41) is 0. The maximum absolute atomic E-state index is 12.0. The Hall–Kier alpha value is -1.52. The minimum atomic E-state index is 0.185. The molecule has 0 amide bonds. The van der Waals surface area contributed by atoms with Crippen LogP contribution in [0.2, 0.25) is 0 Å². The number of thioether (sulfide) groups is 2. The van der Waals surface area contributed by atoms with E-state index in [1.807, 2.05) is 62.4 Å². The van der Waals surface area contributed by atoms with E-state index in [1.54, 1.807) is 23.5 Å². The molecule has 126 valence electrons. The second kappa shape index (κ2) is 9.70. The van der Waals surface area contributed by atoms with Crippen LogP contribution in [0.3, 0.4) is 0 Å². The molecule has 0 saturated heterocycles. The van der Waals surface area contributed by atoms with Crippen molar-refractivity contribution in [3.8, 4) is 0 Å². The van der Waals surface area contributed by atoms with Crippen LogP contribution < -0.4 is 0 Å². The van der Waals surface area contributed by atoms with Crippen molar-refractivity contribution in [2.24, 2.45) is 0 Å². The first-order valence-corrected chi connectivity index (χ1v) is 10.1. The summed E-state index contributed by atoms with van der Waals surface area (Å²) in [6.07, 6.45) is 1.05. The molecule has 0 aromatic heterocycles. The van der Waals surface area contributed by atoms with Crippen LogP contribution in [0.1, 0.15) is 47.4 Å². The second-order valence-electron chi connectivity index (χ2n) is 5.24. The molecule has 0 spiro atoms. The van der Waals surface area contributed by atoms with Crippen LogP contribution in [0.5, 0.6) is 0 Å². The first-order chi connectivity index (χ1) is 11.7. The highest BCUT2D eigenvalue weighted by Crippen LogP contribution is 2.28. The fraction of sp³-hybridized carbons (Fsp3) is 0.300. The number of rotatable bonds is 9. The summed E-state index contributed by atoms with van der Waals surface area (Å²) in [6.45, 7) is 3.78. The van der Waals surface area contributed by atoms with Gasteiger partial charge in [-0.1, -0.05) is 50.2 Å². The molecule has 0 saturated carbocycles. The van der Waals surface area contributed by atoms with Crippen LogP contribution in [0.15, 0.2) is 58.3 Å². The van der Waals surface area contributed by atoms with Crippen molar-refractivity contribution in [1.29, 1.82) is 0 Å². The van der Waals surface area contributed by atoms with Gasteiger partial charge in [-0.15, -0.1) is 23.5 Å². The molecule has 0 aliphatic carbocycles. The summed E-state index contributed by atoms with van der Waals surface area (Å²) < 4.78 is 0. The molecule has 0 N–H and O–H groups in total. The van der Waals surface area contributed by atoms with Gasteiger partial charge in [0.2, 0.25) is 0 Å². The van der Waals surface area contributed by atoms with E-state index < -0.39 is 0 Å². The van der Waals surface area contributed by atoms with E-state index >= 15 is 0 Å². The van der Waals surface area contributed by atoms with Gasteiger partial charge in [-0.25, -0.2) is 0 Å². The average Bonchev–Trinajstić information content (AvgIpc) is 2.64. The third kappa shape index (κ3) is 4.99. The van der Waals surface area contributed by atoms with Gasteiger partial charge in [0, 0.05) is 45.3 Å². The molecule has 2 aromatic carbocycles. The minimum Gasteiger partial charge on any atom is -0.294 e. The molecule has 2 nitrogen and oxygen atoms in total. The minimum absolute atomic E-state index is 0.185. The van der Waals surface area contributed by atoms with Gasteiger partial charge >= 0.3 is 0 Å². The van der Waals surface area contributed by atoms with E-state index in [9.17, 15) is 9.59 Å². The number of Topliss-reactive ketones (excluding diaryl/α,β-unsaturated/α-hetero) is 2. The molecule has 0 fully saturated rings. The number of hydrogen-bond acceptors (Lipinski definition) is 4. The summed E-state index contributed by atoms with van der Waals surface area (Å²) in [5.74, 6) is 2.16. The Morgan fingerprint density at radius 3 is 1.46 bits per heavy atom. The first-order valence-electron chi connectivity index (χ1n) is 8.17. The monoisotopic (exact) mass is 358 g/mol. The highest BCUT2D eigenvalue weighted by atomic mass is 32.2. The molecule has 0 aliphatic rings. The molecular formula is C20H22O2S2. The molecular weight excluding hydrogens is 336 g/mol. The molecule has 4 heteroatoms. The molecule has 0 radical (unpaired) electrons. The third-order valence-electron chi connectivity index (χ3n) is 3.62. The van der Waals surface area contributed by atoms with Gasteiger partial charge in [0.25, 0.3) is 0 Å². The molecule has 0 unspecified atom stereocenters. The normalized spacial score (nSPS) is 10.6. The van der Waals surface area contributed by atoms with E-state index in [2.05, 4.69) is 0 Å². The second-order valence-corrected chi connectivity index (χ2v) is 7.52. The maximum Gasteiger partial charge on any atom is 0.163 e. The van der Waals surface area contributed by atoms with E-state index in [-0.39, 0.29) is 11.6 Å². The topological polar surface area (TPSA) is 34.1 Å². The Labute approximate surface area is 152 Å². The van der Waals surface area contributed by atoms with Crippen molar-refractivity contribution in [3.05, 3.63) is 59.7 Å². The smallest absolute Gasteiger partial charge is 0.163 e. The zero-order chi connectivity index (χ0) is 17.4. The van der Waals surface area contributed by atoms with E-state index in [0.29, 0.717) is 12.8 Å². The van der Waals surface area contributed by atoms with Gasteiger partial charge < -0.3 is 0 Å². The van der Waals surface area contributed by atoms with Gasteiger partial charge in [-0.2, -0.15) is 0 Å². The Morgan fingerprint density at radius 1 is 0.708 bits per heavy atom. The lowest BCUT2D eigenvalue weighted by Crippen LogP contribution is -2.00. The van der Waals surface area contributed by atoms with Crippen molar-refractivity contribution >= 4 is 35.1 Å². The fourth-order valence-electron chi connectivity index (χ4n) is 2.33. The molecule has 0 atom stereocenters. The van der Waals surface area contributed by atoms with E-state index in [4.69, 9.17) is 0 Å². The molecule has 0 bridgehead atoms. The highest BCUT2D eigenvalue weighted by molar-refractivity contribution is 8.03. The number of carbonyl (C=O) groups is 2. The summed E-state index contributed by atoms with van der Waals surface area (Å²) in [5.41, 5.74) is 1.63. The molecule has 2 aromatic rings. The fourth-order valence-corrected chi connectivity index (χ4v) is 4.46. The van der Waals surface area contributed by atoms with Crippen LogP contribution in [0.25, 0.3) is 0 Å². The summed E-state index contributed by atoms with van der Waals surface area (Å²) in [4.78, 5) is 26.1. The van der Waals surface area contributed by atoms with Crippen molar-refractivity contribution in [2.75, 3.05) is 11.5 Å². The maximum atomic E-state index is 12.0. The Bertz CT molecular complexity index is 649. The van der Waals surface area contributed by atoms with Crippen LogP contribution in [-0.4, -0.2) is 23.1 Å². The van der Waals surface area contributed by atoms with Crippen molar-refractivity contribution in [2.45, 2.75) is 36.5 Å². The molecule has 0 aliphatic heterocycles. The summed E-state index contributed by atoms with van der Waals surface area (Å²) in [7, 11) is 0. The molecule has 24 heavy (non-hydrogen) atoms. The molecule has 2 rings (SSSR count). The van der Waals surface area contributed by atoms with Gasteiger partial charge in [-0.05, 0) is 12.1 Å². The Balaban J connectivity index is 1.95. The number of carbonyl (C=O) groups excluding carboxylic acids is 2. The van der Waals surface area contributed by atoms with E-state index in [1.165, 1.54) is 0 Å². The van der Waals surface area contributed by atoms with Gasteiger partial charge in [0.1, 0.15) is 0 Å². The van der Waals surface area contributed by atoms with Crippen LogP contribution in [0, 0.1) is 0 Å². The van der Waals surface area contributed by atoms with Gasteiger partial charge in [0.05, 0.1) is 0 Å². The largest absolute Gasteiger partial charge is 0.294 e. The van der Waals surface area contributed by atoms with Gasteiger partial charge in [-0.3, -0.25) is 9.59 Å². The van der Waals surface area contributed by atoms with Crippen molar-refractivity contribution in [1.82, 2.24) is 0 Å². The van der Waals surface area contributed by atoms with Crippen molar-refractivity contribution < 1.29 is 9.59 Å². The summed E-state index contributed by atoms with van der Waals surface area (Å²) >= 11 is 3.41.